The van der Waals surface area contributed by atoms with Crippen LogP contribution >= 0.6 is 12.0 Å². The van der Waals surface area contributed by atoms with Gasteiger partial charge in [-0.25, -0.2) is 4.79 Å². The smallest absolute Gasteiger partial charge is 0.465 e. The number of nitro benzene ring substituents is 1. The summed E-state index contributed by atoms with van der Waals surface area (Å²) in [6.07, 6.45) is 0. The number of methoxy groups -OCH3 is 1. The first-order valence-corrected chi connectivity index (χ1v) is 5.69. The molecule has 0 fully saturated rings. The molecule has 0 saturated carbocycles. The zero-order valence-corrected chi connectivity index (χ0v) is 11.0. The molecule has 110 valence electrons. The Labute approximate surface area is 115 Å². The van der Waals surface area contributed by atoms with Crippen LogP contribution in [0.3, 0.4) is 0 Å². The predicted octanol–water partition coefficient (Wildman–Crippen LogP) is 3.24. The maximum atomic E-state index is 12.1. The summed E-state index contributed by atoms with van der Waals surface area (Å²) in [7, 11) is 0.997. The Balaban J connectivity index is 3.27. The van der Waals surface area contributed by atoms with E-state index in [-0.39, 0.29) is 5.56 Å². The van der Waals surface area contributed by atoms with Gasteiger partial charge >= 0.3 is 11.5 Å². The summed E-state index contributed by atoms with van der Waals surface area (Å²) < 4.78 is 45.2. The lowest BCUT2D eigenvalue weighted by molar-refractivity contribution is -0.384. The number of rotatable bonds is 4. The van der Waals surface area contributed by atoms with Gasteiger partial charge in [-0.15, -0.1) is 0 Å². The van der Waals surface area contributed by atoms with Crippen molar-refractivity contribution in [2.45, 2.75) is 12.4 Å². The molecule has 10 heteroatoms. The molecule has 6 nitrogen and oxygen atoms in total. The van der Waals surface area contributed by atoms with E-state index in [9.17, 15) is 28.1 Å². The van der Waals surface area contributed by atoms with E-state index in [2.05, 4.69) is 8.92 Å². The molecule has 0 amide bonds. The summed E-state index contributed by atoms with van der Waals surface area (Å²) in [6.45, 7) is 1.28. The summed E-state index contributed by atoms with van der Waals surface area (Å²) in [4.78, 5) is 21.4. The number of halogens is 3. The number of ether oxygens (including phenoxy) is 1. The fraction of sp³-hybridized carbons (Fsp3) is 0.300. The average molecular weight is 311 g/mol. The first-order chi connectivity index (χ1) is 9.15. The van der Waals surface area contributed by atoms with Crippen molar-refractivity contribution >= 4 is 23.7 Å². The van der Waals surface area contributed by atoms with Crippen molar-refractivity contribution in [2.24, 2.45) is 0 Å². The number of alkyl halides is 3. The van der Waals surface area contributed by atoms with Gasteiger partial charge in [-0.2, -0.15) is 13.2 Å². The van der Waals surface area contributed by atoms with Crippen molar-refractivity contribution in [1.29, 1.82) is 0 Å². The highest BCUT2D eigenvalue weighted by molar-refractivity contribution is 7.95. The van der Waals surface area contributed by atoms with Crippen LogP contribution in [0.15, 0.2) is 12.1 Å². The molecule has 0 radical (unpaired) electrons. The summed E-state index contributed by atoms with van der Waals surface area (Å²) in [5.74, 6) is -1.46. The second-order valence-electron chi connectivity index (χ2n) is 3.50. The highest BCUT2D eigenvalue weighted by Gasteiger charge is 2.33. The Morgan fingerprint density at radius 1 is 1.40 bits per heavy atom. The van der Waals surface area contributed by atoms with Crippen LogP contribution in [0.4, 0.5) is 18.9 Å². The van der Waals surface area contributed by atoms with Crippen LogP contribution in [-0.2, 0) is 4.74 Å². The van der Waals surface area contributed by atoms with Crippen LogP contribution in [0.25, 0.3) is 0 Å². The van der Waals surface area contributed by atoms with Gasteiger partial charge in [0.05, 0.1) is 12.0 Å². The van der Waals surface area contributed by atoms with Gasteiger partial charge in [0.2, 0.25) is 0 Å². The third-order valence-electron chi connectivity index (χ3n) is 2.10. The molecule has 0 aliphatic heterocycles. The monoisotopic (exact) mass is 311 g/mol. The molecule has 1 aromatic carbocycles. The van der Waals surface area contributed by atoms with Gasteiger partial charge < -0.3 is 8.92 Å². The zero-order valence-electron chi connectivity index (χ0n) is 10.2. The van der Waals surface area contributed by atoms with Crippen LogP contribution < -0.4 is 4.18 Å². The average Bonchev–Trinajstić information content (AvgIpc) is 2.34. The fourth-order valence-electron chi connectivity index (χ4n) is 1.32. The highest BCUT2D eigenvalue weighted by atomic mass is 32.2. The van der Waals surface area contributed by atoms with Crippen LogP contribution in [0.5, 0.6) is 5.75 Å². The third kappa shape index (κ3) is 4.02. The maximum Gasteiger partial charge on any atom is 0.479 e. The number of non-ortho nitro benzene ring substituents is 1. The summed E-state index contributed by atoms with van der Waals surface area (Å²) in [5.41, 5.74) is -5.57. The van der Waals surface area contributed by atoms with Crippen LogP contribution in [0.2, 0.25) is 0 Å². The van der Waals surface area contributed by atoms with E-state index in [1.165, 1.54) is 6.92 Å². The first kappa shape index (κ1) is 16.1. The molecule has 0 aliphatic rings. The molecule has 0 bridgehead atoms. The molecule has 0 heterocycles. The predicted molar refractivity (Wildman–Crippen MR) is 63.4 cm³/mol. The van der Waals surface area contributed by atoms with Crippen molar-refractivity contribution in [3.05, 3.63) is 33.4 Å². The molecule has 0 unspecified atom stereocenters. The Bertz CT molecular complexity index is 546. The number of nitro groups is 1. The van der Waals surface area contributed by atoms with Crippen LogP contribution in [-0.4, -0.2) is 23.5 Å². The highest BCUT2D eigenvalue weighted by Crippen LogP contribution is 2.37. The largest absolute Gasteiger partial charge is 0.479 e. The van der Waals surface area contributed by atoms with Gasteiger partial charge in [0.25, 0.3) is 5.69 Å². The fourth-order valence-corrected chi connectivity index (χ4v) is 1.72. The molecule has 0 aromatic heterocycles. The number of carbonyl (C=O) groups is 1. The van der Waals surface area contributed by atoms with Crippen molar-refractivity contribution in [1.82, 2.24) is 0 Å². The summed E-state index contributed by atoms with van der Waals surface area (Å²) >= 11 is -0.820. The van der Waals surface area contributed by atoms with E-state index >= 15 is 0 Å². The molecule has 0 spiro atoms. The normalized spacial score (nSPS) is 11.1. The van der Waals surface area contributed by atoms with Gasteiger partial charge in [-0.1, -0.05) is 0 Å². The number of hydrogen-bond donors (Lipinski definition) is 0. The molecule has 1 rings (SSSR count). The minimum atomic E-state index is -4.68. The molecule has 0 aliphatic carbocycles. The van der Waals surface area contributed by atoms with Crippen LogP contribution in [0.1, 0.15) is 15.9 Å². The number of esters is 1. The van der Waals surface area contributed by atoms with Crippen molar-refractivity contribution in [3.8, 4) is 5.75 Å². The van der Waals surface area contributed by atoms with E-state index in [1.54, 1.807) is 0 Å². The second-order valence-corrected chi connectivity index (χ2v) is 4.30. The third-order valence-corrected chi connectivity index (χ3v) is 2.53. The van der Waals surface area contributed by atoms with Crippen molar-refractivity contribution in [2.75, 3.05) is 7.11 Å². The molecule has 0 atom stereocenters. The zero-order chi connectivity index (χ0) is 15.5. The molecule has 1 aromatic rings. The molecular weight excluding hydrogens is 303 g/mol. The molecule has 0 saturated heterocycles. The van der Waals surface area contributed by atoms with E-state index in [0.717, 1.165) is 19.2 Å². The Morgan fingerprint density at radius 2 is 2.00 bits per heavy atom. The minimum Gasteiger partial charge on any atom is -0.465 e. The van der Waals surface area contributed by atoms with Crippen molar-refractivity contribution < 1.29 is 31.8 Å². The molecule has 0 N–H and O–H groups in total. The van der Waals surface area contributed by atoms with Gasteiger partial charge in [-0.05, 0) is 6.92 Å². The number of nitrogens with zero attached hydrogens (tertiary/aromatic N) is 1. The lowest BCUT2D eigenvalue weighted by atomic mass is 10.1. The Kier molecular flexibility index (Phi) is 4.82. The maximum absolute atomic E-state index is 12.1. The summed E-state index contributed by atoms with van der Waals surface area (Å²) in [6, 6.07) is 1.80. The number of hydrogen-bond acceptors (Lipinski definition) is 6. The lowest BCUT2D eigenvalue weighted by Gasteiger charge is -2.12. The molecule has 20 heavy (non-hydrogen) atoms. The van der Waals surface area contributed by atoms with Gasteiger partial charge in [0.15, 0.2) is 17.8 Å². The quantitative estimate of drug-likeness (QED) is 0.367. The van der Waals surface area contributed by atoms with E-state index in [0.29, 0.717) is 0 Å². The summed E-state index contributed by atoms with van der Waals surface area (Å²) in [5, 5.41) is 10.7. The molecular formula is C10H8F3NO5S. The van der Waals surface area contributed by atoms with Gasteiger partial charge in [-0.3, -0.25) is 10.1 Å². The number of aryl methyl sites for hydroxylation is 1. The van der Waals surface area contributed by atoms with Crippen LogP contribution in [0, 0.1) is 17.0 Å². The van der Waals surface area contributed by atoms with Gasteiger partial charge in [0.1, 0.15) is 5.56 Å². The second kappa shape index (κ2) is 5.99. The number of carbonyl (C=O) groups excluding carboxylic acids is 1. The standard InChI is InChI=1S/C10H8F3NO5S/c1-5-3-6(14(16)17)4-7(9(15)18-2)8(5)19-20-10(11,12)13/h3-4H,1-2H3. The minimum absolute atomic E-state index is 0.0105. The van der Waals surface area contributed by atoms with E-state index < -0.39 is 45.4 Å². The lowest BCUT2D eigenvalue weighted by Crippen LogP contribution is -2.09. The Morgan fingerprint density at radius 3 is 2.45 bits per heavy atom. The van der Waals surface area contributed by atoms with E-state index in [1.807, 2.05) is 0 Å². The number of benzene rings is 1. The Hall–Kier alpha value is -1.97. The van der Waals surface area contributed by atoms with Crippen molar-refractivity contribution in [3.63, 3.8) is 0 Å². The SMILES string of the molecule is COC(=O)c1cc([N+](=O)[O-])cc(C)c1OSC(F)(F)F. The van der Waals surface area contributed by atoms with E-state index in [4.69, 9.17) is 0 Å². The first-order valence-electron chi connectivity index (χ1n) is 4.95. The van der Waals surface area contributed by atoms with Gasteiger partial charge in [0, 0.05) is 17.7 Å². The topological polar surface area (TPSA) is 78.7 Å².